The van der Waals surface area contributed by atoms with Gasteiger partial charge in [0.25, 0.3) is 0 Å². The van der Waals surface area contributed by atoms with Gasteiger partial charge in [0.1, 0.15) is 0 Å². The summed E-state index contributed by atoms with van der Waals surface area (Å²) in [6, 6.07) is 1.88. The van der Waals surface area contributed by atoms with Gasteiger partial charge in [-0.25, -0.2) is 4.68 Å². The molecule has 0 amide bonds. The predicted octanol–water partition coefficient (Wildman–Crippen LogP) is 2.23. The van der Waals surface area contributed by atoms with Crippen molar-refractivity contribution in [3.63, 3.8) is 0 Å². The molecule has 0 aliphatic carbocycles. The standard InChI is InChI=1S/C12H14N4O2S2/c1-7(4-11(17)18)16-12(13-14-15-16)10-5-8-6-19-3-2-9(8)20-10/h5,7H,2-4,6H2,1H3,(H,17,18). The number of carboxylic acids is 1. The highest BCUT2D eigenvalue weighted by atomic mass is 32.2. The monoisotopic (exact) mass is 310 g/mol. The summed E-state index contributed by atoms with van der Waals surface area (Å²) in [7, 11) is 0. The predicted molar refractivity (Wildman–Crippen MR) is 78.0 cm³/mol. The largest absolute Gasteiger partial charge is 0.481 e. The van der Waals surface area contributed by atoms with Crippen molar-refractivity contribution < 1.29 is 9.90 Å². The minimum Gasteiger partial charge on any atom is -0.481 e. The summed E-state index contributed by atoms with van der Waals surface area (Å²) in [5, 5.41) is 20.6. The zero-order valence-electron chi connectivity index (χ0n) is 10.9. The molecule has 1 aliphatic heterocycles. The highest BCUT2D eigenvalue weighted by molar-refractivity contribution is 7.98. The number of thiophene rings is 1. The van der Waals surface area contributed by atoms with E-state index in [2.05, 4.69) is 21.6 Å². The molecule has 3 rings (SSSR count). The Labute approximate surface area is 124 Å². The van der Waals surface area contributed by atoms with Crippen LogP contribution in [0.4, 0.5) is 0 Å². The Morgan fingerprint density at radius 1 is 1.60 bits per heavy atom. The molecular weight excluding hydrogens is 296 g/mol. The lowest BCUT2D eigenvalue weighted by Crippen LogP contribution is -2.13. The van der Waals surface area contributed by atoms with Crippen molar-refractivity contribution in [1.29, 1.82) is 0 Å². The van der Waals surface area contributed by atoms with Crippen molar-refractivity contribution in [2.45, 2.75) is 31.6 Å². The highest BCUT2D eigenvalue weighted by Crippen LogP contribution is 2.36. The summed E-state index contributed by atoms with van der Waals surface area (Å²) >= 11 is 3.66. The van der Waals surface area contributed by atoms with E-state index in [1.54, 1.807) is 16.0 Å². The maximum Gasteiger partial charge on any atom is 0.305 e. The SMILES string of the molecule is CC(CC(=O)O)n1nnnc1-c1cc2c(s1)CCSC2. The van der Waals surface area contributed by atoms with Crippen LogP contribution in [0.15, 0.2) is 6.07 Å². The molecule has 0 aromatic carbocycles. The van der Waals surface area contributed by atoms with Gasteiger partial charge in [-0.3, -0.25) is 4.79 Å². The van der Waals surface area contributed by atoms with Crippen LogP contribution in [0.2, 0.25) is 0 Å². The summed E-state index contributed by atoms with van der Waals surface area (Å²) in [6.07, 6.45) is 1.11. The molecule has 0 spiro atoms. The molecule has 1 aliphatic rings. The molecule has 2 aromatic rings. The summed E-state index contributed by atoms with van der Waals surface area (Å²) in [4.78, 5) is 13.3. The summed E-state index contributed by atoms with van der Waals surface area (Å²) in [6.45, 7) is 1.82. The molecule has 0 fully saturated rings. The lowest BCUT2D eigenvalue weighted by molar-refractivity contribution is -0.137. The molecule has 8 heteroatoms. The first-order valence-electron chi connectivity index (χ1n) is 6.34. The van der Waals surface area contributed by atoms with Crippen LogP contribution in [0.25, 0.3) is 10.7 Å². The number of nitrogens with zero attached hydrogens (tertiary/aromatic N) is 4. The summed E-state index contributed by atoms with van der Waals surface area (Å²) in [5.74, 6) is 2.02. The first-order valence-corrected chi connectivity index (χ1v) is 8.31. The number of carbonyl (C=O) groups is 1. The number of rotatable bonds is 4. The zero-order valence-corrected chi connectivity index (χ0v) is 12.6. The highest BCUT2D eigenvalue weighted by Gasteiger charge is 2.21. The number of fused-ring (bicyclic) bond motifs is 1. The zero-order chi connectivity index (χ0) is 14.1. The number of tetrazole rings is 1. The van der Waals surface area contributed by atoms with Crippen molar-refractivity contribution >= 4 is 29.1 Å². The van der Waals surface area contributed by atoms with Crippen LogP contribution in [0.5, 0.6) is 0 Å². The number of hydrogen-bond acceptors (Lipinski definition) is 6. The molecule has 1 atom stereocenters. The third-order valence-corrected chi connectivity index (χ3v) is 5.47. The number of carboxylic acid groups (broad SMARTS) is 1. The van der Waals surface area contributed by atoms with Gasteiger partial charge in [0.2, 0.25) is 0 Å². The molecule has 0 saturated carbocycles. The second kappa shape index (κ2) is 5.53. The second-order valence-electron chi connectivity index (χ2n) is 4.76. The van der Waals surface area contributed by atoms with Crippen LogP contribution < -0.4 is 0 Å². The number of aliphatic carboxylic acids is 1. The van der Waals surface area contributed by atoms with E-state index in [0.717, 1.165) is 22.8 Å². The van der Waals surface area contributed by atoms with E-state index in [1.807, 2.05) is 18.7 Å². The maximum atomic E-state index is 10.8. The first-order chi connectivity index (χ1) is 9.65. The van der Waals surface area contributed by atoms with Gasteiger partial charge in [0.05, 0.1) is 17.3 Å². The van der Waals surface area contributed by atoms with Gasteiger partial charge >= 0.3 is 5.97 Å². The van der Waals surface area contributed by atoms with Gasteiger partial charge in [0, 0.05) is 10.6 Å². The average molecular weight is 310 g/mol. The van der Waals surface area contributed by atoms with Crippen LogP contribution in [-0.2, 0) is 17.0 Å². The third-order valence-electron chi connectivity index (χ3n) is 3.23. The van der Waals surface area contributed by atoms with Crippen molar-refractivity contribution in [3.05, 3.63) is 16.5 Å². The molecule has 0 saturated heterocycles. The van der Waals surface area contributed by atoms with Crippen LogP contribution in [0.3, 0.4) is 0 Å². The molecule has 1 N–H and O–H groups in total. The normalized spacial score (nSPS) is 15.8. The molecule has 3 heterocycles. The summed E-state index contributed by atoms with van der Waals surface area (Å²) in [5.41, 5.74) is 1.36. The third kappa shape index (κ3) is 2.57. The van der Waals surface area contributed by atoms with Gasteiger partial charge in [0.15, 0.2) is 5.82 Å². The molecule has 2 aromatic heterocycles. The van der Waals surface area contributed by atoms with Gasteiger partial charge in [-0.15, -0.1) is 16.4 Å². The van der Waals surface area contributed by atoms with E-state index < -0.39 is 5.97 Å². The topological polar surface area (TPSA) is 80.9 Å². The Balaban J connectivity index is 1.92. The fourth-order valence-electron chi connectivity index (χ4n) is 2.25. The van der Waals surface area contributed by atoms with Crippen molar-refractivity contribution in [2.24, 2.45) is 0 Å². The summed E-state index contributed by atoms with van der Waals surface area (Å²) < 4.78 is 1.61. The van der Waals surface area contributed by atoms with Gasteiger partial charge in [-0.05, 0) is 41.2 Å². The number of aryl methyl sites for hydroxylation is 1. The van der Waals surface area contributed by atoms with Gasteiger partial charge in [-0.2, -0.15) is 11.8 Å². The number of hydrogen-bond donors (Lipinski definition) is 1. The Bertz CT molecular complexity index is 614. The molecule has 1 unspecified atom stereocenters. The Morgan fingerprint density at radius 3 is 3.20 bits per heavy atom. The molecular formula is C12H14N4O2S2. The molecule has 6 nitrogen and oxygen atoms in total. The lowest BCUT2D eigenvalue weighted by atomic mass is 10.2. The Morgan fingerprint density at radius 2 is 2.45 bits per heavy atom. The van der Waals surface area contributed by atoms with E-state index in [0.29, 0.717) is 5.82 Å². The van der Waals surface area contributed by atoms with E-state index in [1.165, 1.54) is 10.4 Å². The second-order valence-corrected chi connectivity index (χ2v) is 7.00. The minimum absolute atomic E-state index is 0.0129. The smallest absolute Gasteiger partial charge is 0.305 e. The molecule has 0 radical (unpaired) electrons. The van der Waals surface area contributed by atoms with E-state index >= 15 is 0 Å². The number of aromatic nitrogens is 4. The van der Waals surface area contributed by atoms with Crippen LogP contribution >= 0.6 is 23.1 Å². The van der Waals surface area contributed by atoms with E-state index in [4.69, 9.17) is 5.11 Å². The quantitative estimate of drug-likeness (QED) is 0.932. The Hall–Kier alpha value is -1.41. The fourth-order valence-corrected chi connectivity index (χ4v) is 4.60. The van der Waals surface area contributed by atoms with Gasteiger partial charge < -0.3 is 5.11 Å². The Kier molecular flexibility index (Phi) is 3.75. The van der Waals surface area contributed by atoms with E-state index in [9.17, 15) is 4.79 Å². The fraction of sp³-hybridized carbons (Fsp3) is 0.500. The van der Waals surface area contributed by atoms with Crippen LogP contribution in [-0.4, -0.2) is 37.0 Å². The minimum atomic E-state index is -0.846. The lowest BCUT2D eigenvalue weighted by Gasteiger charge is -2.09. The van der Waals surface area contributed by atoms with Crippen LogP contribution in [0.1, 0.15) is 29.8 Å². The van der Waals surface area contributed by atoms with Crippen molar-refractivity contribution in [2.75, 3.05) is 5.75 Å². The van der Waals surface area contributed by atoms with E-state index in [-0.39, 0.29) is 12.5 Å². The molecule has 106 valence electrons. The van der Waals surface area contributed by atoms with Crippen LogP contribution in [0, 0.1) is 0 Å². The molecule has 0 bridgehead atoms. The molecule has 20 heavy (non-hydrogen) atoms. The van der Waals surface area contributed by atoms with Gasteiger partial charge in [-0.1, -0.05) is 0 Å². The maximum absolute atomic E-state index is 10.8. The average Bonchev–Trinajstić information content (AvgIpc) is 3.04. The van der Waals surface area contributed by atoms with Crippen molar-refractivity contribution in [3.8, 4) is 10.7 Å². The number of thioether (sulfide) groups is 1. The van der Waals surface area contributed by atoms with Crippen molar-refractivity contribution in [1.82, 2.24) is 20.2 Å². The first kappa shape index (κ1) is 13.6.